The molecule has 1 aliphatic rings. The van der Waals surface area contributed by atoms with Crippen LogP contribution < -0.4 is 10.6 Å². The van der Waals surface area contributed by atoms with E-state index in [0.29, 0.717) is 19.4 Å². The van der Waals surface area contributed by atoms with E-state index in [1.165, 1.54) is 12.8 Å². The Morgan fingerprint density at radius 2 is 1.68 bits per heavy atom. The Morgan fingerprint density at radius 3 is 2.32 bits per heavy atom. The first-order valence-corrected chi connectivity index (χ1v) is 7.43. The van der Waals surface area contributed by atoms with Crippen LogP contribution in [0.5, 0.6) is 0 Å². The normalized spacial score (nSPS) is 15.9. The van der Waals surface area contributed by atoms with Crippen LogP contribution in [0.2, 0.25) is 0 Å². The van der Waals surface area contributed by atoms with Crippen LogP contribution in [0.25, 0.3) is 0 Å². The zero-order valence-corrected chi connectivity index (χ0v) is 12.0. The van der Waals surface area contributed by atoms with Crippen molar-refractivity contribution < 1.29 is 9.59 Å². The van der Waals surface area contributed by atoms with Gasteiger partial charge in [-0.1, -0.05) is 12.8 Å². The van der Waals surface area contributed by atoms with Crippen molar-refractivity contribution in [1.29, 1.82) is 0 Å². The predicted octanol–water partition coefficient (Wildman–Crippen LogP) is 0.895. The molecule has 0 spiro atoms. The number of likely N-dealkylation sites (tertiary alicyclic amines) is 1. The molecule has 5 heteroatoms. The van der Waals surface area contributed by atoms with Crippen molar-refractivity contribution in [2.24, 2.45) is 0 Å². The van der Waals surface area contributed by atoms with E-state index >= 15 is 0 Å². The highest BCUT2D eigenvalue weighted by atomic mass is 16.2. The molecule has 0 aromatic rings. The number of carbonyl (C=O) groups is 2. The van der Waals surface area contributed by atoms with Gasteiger partial charge in [-0.2, -0.15) is 0 Å². The second kappa shape index (κ2) is 9.78. The first-order chi connectivity index (χ1) is 9.24. The summed E-state index contributed by atoms with van der Waals surface area (Å²) in [7, 11) is 1.87. The fourth-order valence-electron chi connectivity index (χ4n) is 2.30. The second-order valence-corrected chi connectivity index (χ2v) is 5.10. The van der Waals surface area contributed by atoms with Crippen molar-refractivity contribution >= 4 is 11.8 Å². The lowest BCUT2D eigenvalue weighted by molar-refractivity contribution is -0.131. The lowest BCUT2D eigenvalue weighted by Gasteiger charge is -2.20. The van der Waals surface area contributed by atoms with Gasteiger partial charge in [0.25, 0.3) is 0 Å². The molecule has 0 saturated carbocycles. The molecule has 0 aromatic heterocycles. The average molecular weight is 269 g/mol. The molecular formula is C14H27N3O2. The van der Waals surface area contributed by atoms with Gasteiger partial charge in [0.2, 0.25) is 11.8 Å². The molecule has 0 atom stereocenters. The van der Waals surface area contributed by atoms with Crippen LogP contribution in [0.4, 0.5) is 0 Å². The zero-order chi connectivity index (χ0) is 13.9. The van der Waals surface area contributed by atoms with Gasteiger partial charge in [0.1, 0.15) is 0 Å². The van der Waals surface area contributed by atoms with E-state index in [0.717, 1.165) is 38.9 Å². The second-order valence-electron chi connectivity index (χ2n) is 5.10. The third-order valence-electron chi connectivity index (χ3n) is 3.45. The number of amides is 2. The molecule has 1 aliphatic heterocycles. The topological polar surface area (TPSA) is 61.4 Å². The summed E-state index contributed by atoms with van der Waals surface area (Å²) >= 11 is 0. The summed E-state index contributed by atoms with van der Waals surface area (Å²) in [5.41, 5.74) is 0. The average Bonchev–Trinajstić information content (AvgIpc) is 2.68. The summed E-state index contributed by atoms with van der Waals surface area (Å²) in [6, 6.07) is 0. The van der Waals surface area contributed by atoms with Gasteiger partial charge in [0.05, 0.1) is 0 Å². The molecule has 1 rings (SSSR count). The van der Waals surface area contributed by atoms with E-state index in [1.54, 1.807) is 0 Å². The van der Waals surface area contributed by atoms with Gasteiger partial charge in [-0.15, -0.1) is 0 Å². The van der Waals surface area contributed by atoms with Gasteiger partial charge in [0.15, 0.2) is 0 Å². The van der Waals surface area contributed by atoms with Crippen LogP contribution in [0, 0.1) is 0 Å². The summed E-state index contributed by atoms with van der Waals surface area (Å²) in [4.78, 5) is 25.4. The maximum Gasteiger partial charge on any atom is 0.224 e. The number of hydrogen-bond acceptors (Lipinski definition) is 3. The van der Waals surface area contributed by atoms with Gasteiger partial charge in [-0.05, 0) is 32.9 Å². The molecule has 110 valence electrons. The molecule has 0 bridgehead atoms. The highest BCUT2D eigenvalue weighted by Crippen LogP contribution is 2.10. The Labute approximate surface area is 116 Å². The number of nitrogens with one attached hydrogen (secondary N) is 2. The summed E-state index contributed by atoms with van der Waals surface area (Å²) in [6.45, 7) is 3.08. The third kappa shape index (κ3) is 7.15. The first kappa shape index (κ1) is 16.0. The molecule has 19 heavy (non-hydrogen) atoms. The van der Waals surface area contributed by atoms with Crippen molar-refractivity contribution in [2.75, 3.05) is 33.2 Å². The highest BCUT2D eigenvalue weighted by Gasteiger charge is 2.15. The Bertz CT molecular complexity index is 274. The molecule has 0 unspecified atom stereocenters. The smallest absolute Gasteiger partial charge is 0.224 e. The molecule has 0 aliphatic carbocycles. The molecule has 1 fully saturated rings. The van der Waals surface area contributed by atoms with E-state index < -0.39 is 0 Å². The van der Waals surface area contributed by atoms with Crippen LogP contribution in [0.1, 0.15) is 44.9 Å². The maximum atomic E-state index is 12.0. The molecule has 1 saturated heterocycles. The summed E-state index contributed by atoms with van der Waals surface area (Å²) in [5.74, 6) is 0.219. The monoisotopic (exact) mass is 269 g/mol. The lowest BCUT2D eigenvalue weighted by atomic mass is 10.2. The van der Waals surface area contributed by atoms with Crippen molar-refractivity contribution in [1.82, 2.24) is 15.5 Å². The Kier molecular flexibility index (Phi) is 8.21. The van der Waals surface area contributed by atoms with Crippen LogP contribution in [0.3, 0.4) is 0 Å². The first-order valence-electron chi connectivity index (χ1n) is 7.43. The highest BCUT2D eigenvalue weighted by molar-refractivity contribution is 5.79. The van der Waals surface area contributed by atoms with E-state index in [2.05, 4.69) is 10.6 Å². The lowest BCUT2D eigenvalue weighted by Crippen LogP contribution is -2.35. The number of rotatable bonds is 7. The molecule has 0 radical (unpaired) electrons. The Balaban J connectivity index is 2.10. The van der Waals surface area contributed by atoms with Crippen molar-refractivity contribution in [3.8, 4) is 0 Å². The van der Waals surface area contributed by atoms with Gasteiger partial charge >= 0.3 is 0 Å². The van der Waals surface area contributed by atoms with Crippen molar-refractivity contribution in [3.05, 3.63) is 0 Å². The standard InChI is InChI=1S/C14H27N3O2/c1-15-9-6-7-13(18)16-10-8-14(19)17-11-4-2-3-5-12-17/h15H,2-12H2,1H3,(H,16,18). The minimum absolute atomic E-state index is 0.0407. The summed E-state index contributed by atoms with van der Waals surface area (Å²) in [6.07, 6.45) is 6.47. The van der Waals surface area contributed by atoms with Crippen LogP contribution in [0.15, 0.2) is 0 Å². The molecule has 1 heterocycles. The SMILES string of the molecule is CNCCCC(=O)NCCC(=O)N1CCCCCC1. The van der Waals surface area contributed by atoms with Crippen molar-refractivity contribution in [2.45, 2.75) is 44.9 Å². The van der Waals surface area contributed by atoms with E-state index in [1.807, 2.05) is 11.9 Å². The van der Waals surface area contributed by atoms with Gasteiger partial charge in [-0.25, -0.2) is 0 Å². The molecule has 2 amide bonds. The van der Waals surface area contributed by atoms with E-state index in [4.69, 9.17) is 0 Å². The minimum Gasteiger partial charge on any atom is -0.356 e. The van der Waals surface area contributed by atoms with Crippen LogP contribution in [-0.2, 0) is 9.59 Å². The third-order valence-corrected chi connectivity index (χ3v) is 3.45. The zero-order valence-electron chi connectivity index (χ0n) is 12.0. The van der Waals surface area contributed by atoms with Gasteiger partial charge in [0, 0.05) is 32.5 Å². The summed E-state index contributed by atoms with van der Waals surface area (Å²) < 4.78 is 0. The van der Waals surface area contributed by atoms with Gasteiger partial charge in [-0.3, -0.25) is 9.59 Å². The van der Waals surface area contributed by atoms with E-state index in [9.17, 15) is 9.59 Å². The molecular weight excluding hydrogens is 242 g/mol. The number of nitrogens with zero attached hydrogens (tertiary/aromatic N) is 1. The minimum atomic E-state index is 0.0407. The van der Waals surface area contributed by atoms with Crippen LogP contribution in [-0.4, -0.2) is 49.9 Å². The molecule has 2 N–H and O–H groups in total. The fourth-order valence-corrected chi connectivity index (χ4v) is 2.30. The quantitative estimate of drug-likeness (QED) is 0.675. The molecule has 0 aromatic carbocycles. The maximum absolute atomic E-state index is 12.0. The van der Waals surface area contributed by atoms with Crippen molar-refractivity contribution in [3.63, 3.8) is 0 Å². The van der Waals surface area contributed by atoms with Crippen LogP contribution >= 0.6 is 0 Å². The van der Waals surface area contributed by atoms with E-state index in [-0.39, 0.29) is 11.8 Å². The summed E-state index contributed by atoms with van der Waals surface area (Å²) in [5, 5.41) is 5.82. The largest absolute Gasteiger partial charge is 0.356 e. The predicted molar refractivity (Wildman–Crippen MR) is 75.8 cm³/mol. The Hall–Kier alpha value is -1.10. The fraction of sp³-hybridized carbons (Fsp3) is 0.857. The Morgan fingerprint density at radius 1 is 1.00 bits per heavy atom. The molecule has 5 nitrogen and oxygen atoms in total. The number of hydrogen-bond donors (Lipinski definition) is 2. The van der Waals surface area contributed by atoms with Gasteiger partial charge < -0.3 is 15.5 Å². The number of carbonyl (C=O) groups excluding carboxylic acids is 2.